The van der Waals surface area contributed by atoms with Crippen molar-refractivity contribution < 1.29 is 14.7 Å². The third-order valence-corrected chi connectivity index (χ3v) is 3.73. The number of amides is 1. The molecule has 0 atom stereocenters. The molecule has 0 fully saturated rings. The zero-order valence-corrected chi connectivity index (χ0v) is 13.4. The SMILES string of the molecule is CC(C)(CNC(=O)Cc1ccc(-c2ccccc2)cc1)C(=O)O. The molecule has 2 aromatic rings. The average Bonchev–Trinajstić information content (AvgIpc) is 2.54. The molecule has 2 rings (SSSR count). The summed E-state index contributed by atoms with van der Waals surface area (Å²) < 4.78 is 0. The molecule has 120 valence electrons. The maximum atomic E-state index is 11.9. The first-order valence-corrected chi connectivity index (χ1v) is 7.53. The van der Waals surface area contributed by atoms with Crippen LogP contribution < -0.4 is 5.32 Å². The number of carboxylic acid groups (broad SMARTS) is 1. The van der Waals surface area contributed by atoms with Crippen LogP contribution in [0.3, 0.4) is 0 Å². The molecule has 23 heavy (non-hydrogen) atoms. The number of hydrogen-bond donors (Lipinski definition) is 2. The third-order valence-electron chi connectivity index (χ3n) is 3.73. The number of carbonyl (C=O) groups excluding carboxylic acids is 1. The largest absolute Gasteiger partial charge is 0.481 e. The van der Waals surface area contributed by atoms with Gasteiger partial charge in [-0.15, -0.1) is 0 Å². The molecular formula is C19H21NO3. The van der Waals surface area contributed by atoms with E-state index in [1.807, 2.05) is 54.6 Å². The predicted molar refractivity (Wildman–Crippen MR) is 90.0 cm³/mol. The van der Waals surface area contributed by atoms with E-state index in [1.54, 1.807) is 13.8 Å². The molecule has 2 N–H and O–H groups in total. The molecule has 0 aromatic heterocycles. The fourth-order valence-corrected chi connectivity index (χ4v) is 2.09. The van der Waals surface area contributed by atoms with Gasteiger partial charge in [-0.1, -0.05) is 54.6 Å². The van der Waals surface area contributed by atoms with E-state index in [2.05, 4.69) is 5.32 Å². The van der Waals surface area contributed by atoms with Gasteiger partial charge in [-0.2, -0.15) is 0 Å². The van der Waals surface area contributed by atoms with Gasteiger partial charge < -0.3 is 10.4 Å². The Morgan fingerprint density at radius 3 is 2.09 bits per heavy atom. The normalized spacial score (nSPS) is 11.0. The first kappa shape index (κ1) is 16.7. The van der Waals surface area contributed by atoms with E-state index in [-0.39, 0.29) is 18.9 Å². The summed E-state index contributed by atoms with van der Waals surface area (Å²) in [5.74, 6) is -1.10. The lowest BCUT2D eigenvalue weighted by molar-refractivity contribution is -0.146. The smallest absolute Gasteiger partial charge is 0.310 e. The molecule has 4 nitrogen and oxygen atoms in total. The lowest BCUT2D eigenvalue weighted by Gasteiger charge is -2.19. The Labute approximate surface area is 136 Å². The molecule has 1 amide bonds. The van der Waals surface area contributed by atoms with Gasteiger partial charge in [-0.3, -0.25) is 9.59 Å². The molecule has 0 aliphatic rings. The number of nitrogens with one attached hydrogen (secondary N) is 1. The van der Waals surface area contributed by atoms with Crippen LogP contribution >= 0.6 is 0 Å². The fraction of sp³-hybridized carbons (Fsp3) is 0.263. The summed E-state index contributed by atoms with van der Waals surface area (Å²) in [6.45, 7) is 3.29. The molecule has 2 aromatic carbocycles. The predicted octanol–water partition coefficient (Wildman–Crippen LogP) is 3.12. The molecule has 0 saturated carbocycles. The Bertz CT molecular complexity index is 676. The Morgan fingerprint density at radius 1 is 0.957 bits per heavy atom. The van der Waals surface area contributed by atoms with Crippen LogP contribution in [0.5, 0.6) is 0 Å². The zero-order chi connectivity index (χ0) is 16.9. The van der Waals surface area contributed by atoms with E-state index < -0.39 is 11.4 Å². The molecule has 0 aliphatic heterocycles. The van der Waals surface area contributed by atoms with E-state index in [1.165, 1.54) is 0 Å². The van der Waals surface area contributed by atoms with E-state index >= 15 is 0 Å². The summed E-state index contributed by atoms with van der Waals surface area (Å²) in [7, 11) is 0. The standard InChI is InChI=1S/C19H21NO3/c1-19(2,18(22)23)13-20-17(21)12-14-8-10-16(11-9-14)15-6-4-3-5-7-15/h3-11H,12-13H2,1-2H3,(H,20,21)(H,22,23). The quantitative estimate of drug-likeness (QED) is 0.861. The lowest BCUT2D eigenvalue weighted by Crippen LogP contribution is -2.39. The van der Waals surface area contributed by atoms with Gasteiger partial charge in [0.05, 0.1) is 11.8 Å². The molecule has 0 spiro atoms. The number of benzene rings is 2. The van der Waals surface area contributed by atoms with Crippen LogP contribution in [0.25, 0.3) is 11.1 Å². The van der Waals surface area contributed by atoms with Crippen molar-refractivity contribution in [3.05, 3.63) is 60.2 Å². The highest BCUT2D eigenvalue weighted by atomic mass is 16.4. The van der Waals surface area contributed by atoms with E-state index in [9.17, 15) is 9.59 Å². The maximum absolute atomic E-state index is 11.9. The Kier molecular flexibility index (Phi) is 5.16. The topological polar surface area (TPSA) is 66.4 Å². The van der Waals surface area contributed by atoms with Crippen molar-refractivity contribution in [2.45, 2.75) is 20.3 Å². The van der Waals surface area contributed by atoms with Crippen molar-refractivity contribution in [1.82, 2.24) is 5.32 Å². The highest BCUT2D eigenvalue weighted by Gasteiger charge is 2.27. The van der Waals surface area contributed by atoms with Crippen molar-refractivity contribution in [1.29, 1.82) is 0 Å². The molecular weight excluding hydrogens is 290 g/mol. The van der Waals surface area contributed by atoms with Crippen LogP contribution in [0.2, 0.25) is 0 Å². The molecule has 0 bridgehead atoms. The van der Waals surface area contributed by atoms with Crippen molar-refractivity contribution >= 4 is 11.9 Å². The minimum atomic E-state index is -0.965. The minimum Gasteiger partial charge on any atom is -0.481 e. The van der Waals surface area contributed by atoms with E-state index in [0.29, 0.717) is 0 Å². The third kappa shape index (κ3) is 4.68. The van der Waals surface area contributed by atoms with Crippen molar-refractivity contribution in [3.63, 3.8) is 0 Å². The first-order chi connectivity index (χ1) is 10.9. The van der Waals surface area contributed by atoms with Crippen LogP contribution in [0.4, 0.5) is 0 Å². The molecule has 0 saturated heterocycles. The van der Waals surface area contributed by atoms with Crippen molar-refractivity contribution in [3.8, 4) is 11.1 Å². The monoisotopic (exact) mass is 311 g/mol. The van der Waals surface area contributed by atoms with Gasteiger partial charge in [0.15, 0.2) is 0 Å². The summed E-state index contributed by atoms with van der Waals surface area (Å²) in [4.78, 5) is 22.9. The molecule has 0 aliphatic carbocycles. The second-order valence-electron chi connectivity index (χ2n) is 6.21. The highest BCUT2D eigenvalue weighted by Crippen LogP contribution is 2.19. The van der Waals surface area contributed by atoms with E-state index in [4.69, 9.17) is 5.11 Å². The summed E-state index contributed by atoms with van der Waals surface area (Å²) in [6.07, 6.45) is 0.241. The second-order valence-corrected chi connectivity index (χ2v) is 6.21. The van der Waals surface area contributed by atoms with Gasteiger partial charge >= 0.3 is 5.97 Å². The minimum absolute atomic E-state index is 0.114. The molecule has 0 heterocycles. The van der Waals surface area contributed by atoms with Crippen molar-refractivity contribution in [2.75, 3.05) is 6.54 Å². The van der Waals surface area contributed by atoms with Gasteiger partial charge in [-0.05, 0) is 30.5 Å². The van der Waals surface area contributed by atoms with Gasteiger partial charge in [0, 0.05) is 6.54 Å². The number of hydrogen-bond acceptors (Lipinski definition) is 2. The summed E-state index contributed by atoms with van der Waals surface area (Å²) in [5, 5.41) is 11.7. The molecule has 0 unspecified atom stereocenters. The first-order valence-electron chi connectivity index (χ1n) is 7.53. The van der Waals surface area contributed by atoms with E-state index in [0.717, 1.165) is 16.7 Å². The maximum Gasteiger partial charge on any atom is 0.310 e. The number of aliphatic carboxylic acids is 1. The summed E-state index contributed by atoms with van der Waals surface area (Å²) >= 11 is 0. The van der Waals surface area contributed by atoms with Gasteiger partial charge in [0.1, 0.15) is 0 Å². The van der Waals surface area contributed by atoms with Gasteiger partial charge in [-0.25, -0.2) is 0 Å². The molecule has 4 heteroatoms. The lowest BCUT2D eigenvalue weighted by atomic mass is 9.94. The van der Waals surface area contributed by atoms with Gasteiger partial charge in [0.25, 0.3) is 0 Å². The number of carboxylic acids is 1. The average molecular weight is 311 g/mol. The van der Waals surface area contributed by atoms with Crippen LogP contribution in [0, 0.1) is 5.41 Å². The van der Waals surface area contributed by atoms with Crippen LogP contribution in [-0.4, -0.2) is 23.5 Å². The summed E-state index contributed by atoms with van der Waals surface area (Å²) in [5.41, 5.74) is 2.16. The number of carbonyl (C=O) groups is 2. The Morgan fingerprint density at radius 2 is 1.52 bits per heavy atom. The second kappa shape index (κ2) is 7.09. The Balaban J connectivity index is 1.93. The summed E-state index contributed by atoms with van der Waals surface area (Å²) in [6, 6.07) is 17.8. The van der Waals surface area contributed by atoms with Crippen LogP contribution in [0.15, 0.2) is 54.6 Å². The zero-order valence-electron chi connectivity index (χ0n) is 13.4. The van der Waals surface area contributed by atoms with Crippen molar-refractivity contribution in [2.24, 2.45) is 5.41 Å². The van der Waals surface area contributed by atoms with Crippen LogP contribution in [-0.2, 0) is 16.0 Å². The molecule has 0 radical (unpaired) electrons. The fourth-order valence-electron chi connectivity index (χ4n) is 2.09. The Hall–Kier alpha value is -2.62. The highest BCUT2D eigenvalue weighted by molar-refractivity contribution is 5.80. The van der Waals surface area contributed by atoms with Crippen LogP contribution in [0.1, 0.15) is 19.4 Å². The van der Waals surface area contributed by atoms with Gasteiger partial charge in [0.2, 0.25) is 5.91 Å². The number of rotatable bonds is 6.